The van der Waals surface area contributed by atoms with Gasteiger partial charge in [0, 0.05) is 192 Å². The number of nitrogens with zero attached hydrogens (tertiary/aromatic N) is 7. The summed E-state index contributed by atoms with van der Waals surface area (Å²) < 4.78 is 0. The molecule has 0 bridgehead atoms. The summed E-state index contributed by atoms with van der Waals surface area (Å²) in [5.74, 6) is 1.13. The van der Waals surface area contributed by atoms with Gasteiger partial charge in [-0.15, -0.1) is 11.6 Å². The number of benzene rings is 4. The number of β-amino-alcohol motifs (C(OH)–C–C–N with tert-alkyl or cyclic N) is 1. The van der Waals surface area contributed by atoms with Crippen LogP contribution >= 0.6 is 11.6 Å². The number of halogens is 1. The minimum Gasteiger partial charge on any atom is -0.398 e. The third-order valence-electron chi connectivity index (χ3n) is 15.1. The maximum Gasteiger partial charge on any atom is 0.148 e. The van der Waals surface area contributed by atoms with Crippen molar-refractivity contribution in [3.63, 3.8) is 0 Å². The molecular formula is C66H90ClN13O2. The molecule has 5 saturated heterocycles. The average molecular weight is 1130 g/mol. The van der Waals surface area contributed by atoms with Crippen LogP contribution in [0.1, 0.15) is 72.6 Å². The van der Waals surface area contributed by atoms with E-state index < -0.39 is 0 Å². The number of nitrogens with two attached hydrogens (primary N) is 1. The van der Waals surface area contributed by atoms with E-state index in [0.29, 0.717) is 30.5 Å². The summed E-state index contributed by atoms with van der Waals surface area (Å²) in [6, 6.07) is 34.8. The first-order valence-corrected chi connectivity index (χ1v) is 30.4. The van der Waals surface area contributed by atoms with Gasteiger partial charge in [0.05, 0.1) is 12.6 Å². The number of carbonyl (C=O) groups excluding carboxylic acids is 1. The Labute approximate surface area is 492 Å². The molecule has 0 aliphatic carbocycles. The van der Waals surface area contributed by atoms with Gasteiger partial charge in [0.1, 0.15) is 5.78 Å². The molecular weight excluding hydrogens is 1040 g/mol. The number of likely N-dealkylation sites (N-methyl/N-ethyl adjacent to an activating group) is 1. The molecule has 5 fully saturated rings. The number of nitrogen functional groups attached to an aromatic ring is 1. The Balaban J connectivity index is 0.000000145. The number of alkyl halides is 1. The highest BCUT2D eigenvalue weighted by molar-refractivity contribution is 6.17. The Morgan fingerprint density at radius 1 is 0.549 bits per heavy atom. The Kier molecular flexibility index (Phi) is 26.7. The highest BCUT2D eigenvalue weighted by Gasteiger charge is 2.23. The van der Waals surface area contributed by atoms with Crippen LogP contribution in [0.2, 0.25) is 0 Å². The summed E-state index contributed by atoms with van der Waals surface area (Å²) in [6.07, 6.45) is 22.6. The first-order valence-electron chi connectivity index (χ1n) is 29.9. The van der Waals surface area contributed by atoms with E-state index in [-0.39, 0.29) is 6.10 Å². The molecule has 0 radical (unpaired) electrons. The largest absolute Gasteiger partial charge is 0.398 e. The van der Waals surface area contributed by atoms with E-state index in [9.17, 15) is 4.79 Å². The molecule has 0 saturated carbocycles. The van der Waals surface area contributed by atoms with E-state index in [0.717, 1.165) is 101 Å². The lowest BCUT2D eigenvalue weighted by Crippen LogP contribution is -2.26. The molecule has 4 unspecified atom stereocenters. The smallest absolute Gasteiger partial charge is 0.148 e. The summed E-state index contributed by atoms with van der Waals surface area (Å²) in [4.78, 5) is 34.4. The average Bonchev–Trinajstić information content (AvgIpc) is 4.51. The lowest BCUT2D eigenvalue weighted by Gasteiger charge is -2.17. The summed E-state index contributed by atoms with van der Waals surface area (Å²) in [6.45, 7) is 22.4. The van der Waals surface area contributed by atoms with Gasteiger partial charge in [0.15, 0.2) is 0 Å². The van der Waals surface area contributed by atoms with Gasteiger partial charge in [-0.25, -0.2) is 0 Å². The number of pyridine rings is 4. The molecule has 0 spiro atoms. The highest BCUT2D eigenvalue weighted by Crippen LogP contribution is 2.27. The molecule has 8 aromatic rings. The number of Topliss-reactive ketones (excluding diaryl/α,β-unsaturated/α-hetero) is 1. The number of ketones is 1. The number of aromatic nitrogens is 4. The van der Waals surface area contributed by atoms with Crippen LogP contribution in [0.4, 0.5) is 22.7 Å². The fourth-order valence-electron chi connectivity index (χ4n) is 10.9. The molecule has 4 atom stereocenters. The van der Waals surface area contributed by atoms with Crippen LogP contribution in [0.3, 0.4) is 0 Å². The fourth-order valence-corrected chi connectivity index (χ4v) is 10.9. The molecule has 13 rings (SSSR count). The number of carbonyl (C=O) groups is 1. The summed E-state index contributed by atoms with van der Waals surface area (Å²) in [5, 5.41) is 35.6. The van der Waals surface area contributed by atoms with Gasteiger partial charge in [-0.05, 0) is 120 Å². The zero-order valence-electron chi connectivity index (χ0n) is 49.0. The van der Waals surface area contributed by atoms with Crippen molar-refractivity contribution in [3.8, 4) is 0 Å². The standard InChI is InChI=1S/C16H21N3.C15H19N3.C13H15N3.C9H8N2.C7H13NO.C4H9NO.C2H5Cl/c1-2-9-19-10-7-14(12-19)18-16-5-3-4-13-11-17-8-6-15(13)16;1-2-18-9-7-13(11-18)17-15-5-3-4-12-10-16-8-6-14(12)15;1-2-10-8-14-7-5-12(10)13(3-1)16-11-4-6-15-9-11;10-9-3-1-2-7-6-11-5-4-8(7)9;1-2-4-8-5-3-7(9)6-8;6-4-1-2-5-3-4;1-2-3/h3-6,8,11,14,18H,2,7,9-10,12H2,1H3;3-6,8,10,13,17H,2,7,9,11H2,1H3;1-3,5,7-8,11,15-16H,4,6,9H2;1-6H,10H2;2-6H2,1H3;4-6H,1-3H2;2H2,1H3. The van der Waals surface area contributed by atoms with Gasteiger partial charge in [-0.3, -0.25) is 29.6 Å². The molecule has 82 heavy (non-hydrogen) atoms. The first kappa shape index (κ1) is 63.0. The van der Waals surface area contributed by atoms with Crippen molar-refractivity contribution in [3.05, 3.63) is 147 Å². The van der Waals surface area contributed by atoms with Crippen molar-refractivity contribution in [1.29, 1.82) is 0 Å². The number of rotatable bonds is 11. The second-order valence-electron chi connectivity index (χ2n) is 21.4. The number of likely N-dealkylation sites (tertiary alicyclic amines) is 3. The van der Waals surface area contributed by atoms with Gasteiger partial charge < -0.3 is 47.2 Å². The predicted octanol–water partition coefficient (Wildman–Crippen LogP) is 11.0. The Bertz CT molecular complexity index is 3100. The number of aliphatic hydroxyl groups is 1. The van der Waals surface area contributed by atoms with Crippen molar-refractivity contribution in [2.75, 3.05) is 113 Å². The highest BCUT2D eigenvalue weighted by atomic mass is 35.5. The molecule has 8 N–H and O–H groups in total. The van der Waals surface area contributed by atoms with Crippen LogP contribution in [0.15, 0.2) is 147 Å². The Morgan fingerprint density at radius 3 is 1.39 bits per heavy atom. The van der Waals surface area contributed by atoms with E-state index in [4.69, 9.17) is 22.4 Å². The molecule has 5 aliphatic heterocycles. The first-order chi connectivity index (χ1) is 40.2. The van der Waals surface area contributed by atoms with Gasteiger partial charge in [0.2, 0.25) is 0 Å². The summed E-state index contributed by atoms with van der Waals surface area (Å²) in [5.41, 5.74) is 10.2. The van der Waals surface area contributed by atoms with E-state index in [1.54, 1.807) is 6.20 Å². The lowest BCUT2D eigenvalue weighted by molar-refractivity contribution is -0.116. The molecule has 9 heterocycles. The summed E-state index contributed by atoms with van der Waals surface area (Å²) >= 11 is 5.00. The monoisotopic (exact) mass is 1130 g/mol. The third-order valence-corrected chi connectivity index (χ3v) is 15.1. The maximum atomic E-state index is 10.7. The van der Waals surface area contributed by atoms with Crippen molar-refractivity contribution in [2.24, 2.45) is 0 Å². The topological polar surface area (TPSA) is 185 Å². The fraction of sp³-hybridized carbons (Fsp3) is 0.439. The number of nitrogens with one attached hydrogen (secondary N) is 5. The predicted molar refractivity (Wildman–Crippen MR) is 345 cm³/mol. The zero-order valence-corrected chi connectivity index (χ0v) is 49.7. The second kappa shape index (κ2) is 34.8. The van der Waals surface area contributed by atoms with Crippen molar-refractivity contribution in [2.45, 2.75) is 96.9 Å². The number of fused-ring (bicyclic) bond motifs is 4. The second-order valence-corrected chi connectivity index (χ2v) is 22.0. The van der Waals surface area contributed by atoms with Crippen LogP contribution in [-0.4, -0.2) is 161 Å². The molecule has 438 valence electrons. The molecule has 5 aliphatic rings. The Hall–Kier alpha value is -6.56. The van der Waals surface area contributed by atoms with Crippen molar-refractivity contribution >= 4 is 83.2 Å². The SMILES string of the molecule is CCCN1CCC(=O)C1.CCCN1CCC(Nc2cccc3cnccc23)C1.CCCl.CCN1CCC(Nc2cccc3cnccc23)C1.Nc1cccc2cnccc12.OC1CCNC1.c1cc(NC2CCNC2)c2ccncc2c1. The van der Waals surface area contributed by atoms with E-state index in [1.165, 1.54) is 94.7 Å². The quantitative estimate of drug-likeness (QED) is 0.0479. The minimum atomic E-state index is -0.0648. The van der Waals surface area contributed by atoms with Gasteiger partial charge >= 0.3 is 0 Å². The number of anilines is 4. The van der Waals surface area contributed by atoms with Gasteiger partial charge in [-0.1, -0.05) is 76.2 Å². The van der Waals surface area contributed by atoms with Crippen LogP contribution in [-0.2, 0) is 4.79 Å². The van der Waals surface area contributed by atoms with E-state index in [2.05, 4.69) is 155 Å². The van der Waals surface area contributed by atoms with Crippen LogP contribution in [0.25, 0.3) is 43.1 Å². The molecule has 0 amide bonds. The van der Waals surface area contributed by atoms with Gasteiger partial charge in [0.25, 0.3) is 0 Å². The molecule has 16 heteroatoms. The number of aliphatic hydroxyl groups excluding tert-OH is 1. The zero-order chi connectivity index (χ0) is 57.7. The summed E-state index contributed by atoms with van der Waals surface area (Å²) in [7, 11) is 0. The lowest BCUT2D eigenvalue weighted by atomic mass is 10.1. The van der Waals surface area contributed by atoms with Crippen LogP contribution in [0, 0.1) is 0 Å². The maximum absolute atomic E-state index is 10.7. The van der Waals surface area contributed by atoms with Crippen LogP contribution in [0.5, 0.6) is 0 Å². The number of hydrogen-bond donors (Lipinski definition) is 7. The molecule has 15 nitrogen and oxygen atoms in total. The Morgan fingerprint density at radius 2 is 0.988 bits per heavy atom. The van der Waals surface area contributed by atoms with Crippen molar-refractivity contribution < 1.29 is 9.90 Å². The molecule has 4 aromatic heterocycles. The number of hydrogen-bond acceptors (Lipinski definition) is 15. The van der Waals surface area contributed by atoms with Gasteiger partial charge in [-0.2, -0.15) is 0 Å². The van der Waals surface area contributed by atoms with E-state index in [1.807, 2.05) is 74.6 Å². The van der Waals surface area contributed by atoms with Crippen LogP contribution < -0.4 is 32.3 Å². The van der Waals surface area contributed by atoms with E-state index >= 15 is 0 Å². The molecule has 4 aromatic carbocycles. The minimum absolute atomic E-state index is 0.0648. The van der Waals surface area contributed by atoms with Crippen molar-refractivity contribution in [1.82, 2.24) is 45.3 Å². The third kappa shape index (κ3) is 20.1. The normalized spacial score (nSPS) is 19.5.